The number of para-hydroxylation sites is 1. The topological polar surface area (TPSA) is 38.7 Å². The first-order valence-corrected chi connectivity index (χ1v) is 16.3. The molecular formula is C45H27N3. The second-order valence-electron chi connectivity index (χ2n) is 12.4. The van der Waals surface area contributed by atoms with Gasteiger partial charge < -0.3 is 0 Å². The van der Waals surface area contributed by atoms with Crippen LogP contribution in [0, 0.1) is 0 Å². The summed E-state index contributed by atoms with van der Waals surface area (Å²) in [7, 11) is 0. The molecule has 48 heavy (non-hydrogen) atoms. The highest BCUT2D eigenvalue weighted by Crippen LogP contribution is 2.37. The molecule has 0 aliphatic heterocycles. The van der Waals surface area contributed by atoms with Crippen molar-refractivity contribution in [1.29, 1.82) is 0 Å². The molecule has 0 aliphatic carbocycles. The maximum Gasteiger partial charge on any atom is 0.0973 e. The summed E-state index contributed by atoms with van der Waals surface area (Å²) < 4.78 is 0. The van der Waals surface area contributed by atoms with Crippen LogP contribution in [0.5, 0.6) is 0 Å². The zero-order chi connectivity index (χ0) is 31.6. The van der Waals surface area contributed by atoms with E-state index in [0.29, 0.717) is 0 Å². The Morgan fingerprint density at radius 3 is 1.42 bits per heavy atom. The number of aromatic nitrogens is 3. The number of rotatable bonds is 3. The van der Waals surface area contributed by atoms with Crippen LogP contribution >= 0.6 is 0 Å². The summed E-state index contributed by atoms with van der Waals surface area (Å²) in [6.07, 6.45) is 0. The molecule has 0 radical (unpaired) electrons. The molecule has 0 N–H and O–H groups in total. The molecule has 3 nitrogen and oxygen atoms in total. The van der Waals surface area contributed by atoms with Crippen molar-refractivity contribution in [3.05, 3.63) is 164 Å². The van der Waals surface area contributed by atoms with E-state index in [0.717, 1.165) is 55.4 Å². The molecule has 7 aromatic carbocycles. The van der Waals surface area contributed by atoms with Crippen molar-refractivity contribution < 1.29 is 0 Å². The van der Waals surface area contributed by atoms with Gasteiger partial charge in [-0.2, -0.15) is 0 Å². The standard InChI is InChI=1S/C45H27N3/c1-6-12-40-29(7-1)20-25-42(46-40)43-26-22-32-18-17-31-21-24-41(47-44(31)45(32)48-43)30-15-13-28(14-16-30)33-19-23-38-36-10-3-2-8-34(36)35-9-4-5-11-37(35)39(38)27-33/h1-27H. The molecule has 0 bridgehead atoms. The van der Waals surface area contributed by atoms with Crippen molar-refractivity contribution in [3.8, 4) is 33.8 Å². The minimum absolute atomic E-state index is 0.841. The molecule has 0 saturated heterocycles. The van der Waals surface area contributed by atoms with Crippen molar-refractivity contribution in [1.82, 2.24) is 15.0 Å². The monoisotopic (exact) mass is 609 g/mol. The molecule has 0 aliphatic rings. The molecule has 10 rings (SSSR count). The van der Waals surface area contributed by atoms with Crippen molar-refractivity contribution in [2.45, 2.75) is 0 Å². The maximum atomic E-state index is 5.18. The van der Waals surface area contributed by atoms with Crippen LogP contribution in [0.25, 0.3) is 98.8 Å². The minimum Gasteiger partial charge on any atom is -0.246 e. The third kappa shape index (κ3) is 4.25. The summed E-state index contributed by atoms with van der Waals surface area (Å²) in [4.78, 5) is 15.2. The van der Waals surface area contributed by atoms with Crippen LogP contribution in [-0.2, 0) is 0 Å². The Morgan fingerprint density at radius 2 is 0.729 bits per heavy atom. The Morgan fingerprint density at radius 1 is 0.271 bits per heavy atom. The lowest BCUT2D eigenvalue weighted by Crippen LogP contribution is -1.92. The Kier molecular flexibility index (Phi) is 5.87. The van der Waals surface area contributed by atoms with E-state index in [2.05, 4.69) is 133 Å². The van der Waals surface area contributed by atoms with Crippen LogP contribution in [0.4, 0.5) is 0 Å². The van der Waals surface area contributed by atoms with Gasteiger partial charge in [-0.25, -0.2) is 15.0 Å². The fourth-order valence-electron chi connectivity index (χ4n) is 7.20. The Hall–Kier alpha value is -6.45. The third-order valence-electron chi connectivity index (χ3n) is 9.64. The average molecular weight is 610 g/mol. The number of hydrogen-bond acceptors (Lipinski definition) is 3. The van der Waals surface area contributed by atoms with E-state index in [4.69, 9.17) is 15.0 Å². The van der Waals surface area contributed by atoms with Crippen LogP contribution in [0.1, 0.15) is 0 Å². The molecule has 0 fully saturated rings. The van der Waals surface area contributed by atoms with E-state index >= 15 is 0 Å². The molecular weight excluding hydrogens is 583 g/mol. The molecule has 0 saturated carbocycles. The zero-order valence-electron chi connectivity index (χ0n) is 25.9. The van der Waals surface area contributed by atoms with Crippen molar-refractivity contribution >= 4 is 65.0 Å². The largest absolute Gasteiger partial charge is 0.246 e. The number of benzene rings is 7. The SMILES string of the molecule is c1ccc2nc(-c3ccc4ccc5ccc(-c6ccc(-c7ccc8c9ccccc9c9ccccc9c8c7)cc6)nc5c4n3)ccc2c1. The number of hydrogen-bond donors (Lipinski definition) is 0. The first-order valence-electron chi connectivity index (χ1n) is 16.3. The van der Waals surface area contributed by atoms with Gasteiger partial charge in [0.15, 0.2) is 0 Å². The van der Waals surface area contributed by atoms with E-state index in [-0.39, 0.29) is 0 Å². The van der Waals surface area contributed by atoms with Gasteiger partial charge in [0.2, 0.25) is 0 Å². The second-order valence-corrected chi connectivity index (χ2v) is 12.4. The summed E-state index contributed by atoms with van der Waals surface area (Å²) >= 11 is 0. The van der Waals surface area contributed by atoms with E-state index in [9.17, 15) is 0 Å². The van der Waals surface area contributed by atoms with Gasteiger partial charge >= 0.3 is 0 Å². The van der Waals surface area contributed by atoms with Gasteiger partial charge in [-0.05, 0) is 73.8 Å². The Bertz CT molecular complexity index is 2850. The lowest BCUT2D eigenvalue weighted by molar-refractivity contribution is 1.31. The third-order valence-corrected chi connectivity index (χ3v) is 9.64. The zero-order valence-corrected chi connectivity index (χ0v) is 25.9. The lowest BCUT2D eigenvalue weighted by Gasteiger charge is -2.12. The quantitative estimate of drug-likeness (QED) is 0.187. The Labute approximate surface area is 276 Å². The van der Waals surface area contributed by atoms with Crippen LogP contribution < -0.4 is 0 Å². The molecule has 0 atom stereocenters. The van der Waals surface area contributed by atoms with Gasteiger partial charge in [-0.15, -0.1) is 0 Å². The molecule has 3 aromatic heterocycles. The summed E-state index contributed by atoms with van der Waals surface area (Å²) in [5, 5.41) is 11.0. The van der Waals surface area contributed by atoms with Gasteiger partial charge in [0, 0.05) is 21.7 Å². The highest BCUT2D eigenvalue weighted by molar-refractivity contribution is 6.25. The minimum atomic E-state index is 0.841. The fraction of sp³-hybridized carbons (Fsp3) is 0. The summed E-state index contributed by atoms with van der Waals surface area (Å²) in [6.45, 7) is 0. The predicted molar refractivity (Wildman–Crippen MR) is 201 cm³/mol. The van der Waals surface area contributed by atoms with Gasteiger partial charge in [-0.3, -0.25) is 0 Å². The van der Waals surface area contributed by atoms with Crippen molar-refractivity contribution in [2.75, 3.05) is 0 Å². The summed E-state index contributed by atoms with van der Waals surface area (Å²) in [5.41, 5.74) is 8.81. The maximum absolute atomic E-state index is 5.18. The number of nitrogens with zero attached hydrogens (tertiary/aromatic N) is 3. The second kappa shape index (κ2) is 10.5. The summed E-state index contributed by atoms with van der Waals surface area (Å²) in [6, 6.07) is 58.0. The van der Waals surface area contributed by atoms with Crippen molar-refractivity contribution in [3.63, 3.8) is 0 Å². The smallest absolute Gasteiger partial charge is 0.0973 e. The molecule has 0 spiro atoms. The molecule has 222 valence electrons. The highest BCUT2D eigenvalue weighted by atomic mass is 14.8. The van der Waals surface area contributed by atoms with E-state index < -0.39 is 0 Å². The summed E-state index contributed by atoms with van der Waals surface area (Å²) in [5.74, 6) is 0. The van der Waals surface area contributed by atoms with Crippen molar-refractivity contribution in [2.24, 2.45) is 0 Å². The molecule has 3 heterocycles. The van der Waals surface area contributed by atoms with E-state index in [1.54, 1.807) is 0 Å². The van der Waals surface area contributed by atoms with Gasteiger partial charge in [0.25, 0.3) is 0 Å². The van der Waals surface area contributed by atoms with Crippen LogP contribution in [0.15, 0.2) is 164 Å². The van der Waals surface area contributed by atoms with E-state index in [1.807, 2.05) is 30.3 Å². The van der Waals surface area contributed by atoms with Crippen LogP contribution in [0.2, 0.25) is 0 Å². The average Bonchev–Trinajstić information content (AvgIpc) is 3.17. The highest BCUT2D eigenvalue weighted by Gasteiger charge is 2.12. The normalized spacial score (nSPS) is 11.8. The fourth-order valence-corrected chi connectivity index (χ4v) is 7.20. The lowest BCUT2D eigenvalue weighted by atomic mass is 9.92. The van der Waals surface area contributed by atoms with E-state index in [1.165, 1.54) is 43.4 Å². The molecule has 10 aromatic rings. The first-order chi connectivity index (χ1) is 23.8. The van der Waals surface area contributed by atoms with Crippen LogP contribution in [0.3, 0.4) is 0 Å². The Balaban J connectivity index is 1.05. The number of fused-ring (bicyclic) bond motifs is 10. The first kappa shape index (κ1) is 26.7. The van der Waals surface area contributed by atoms with Crippen LogP contribution in [-0.4, -0.2) is 15.0 Å². The molecule has 0 amide bonds. The molecule has 3 heteroatoms. The van der Waals surface area contributed by atoms with Gasteiger partial charge in [-0.1, -0.05) is 133 Å². The van der Waals surface area contributed by atoms with Gasteiger partial charge in [0.05, 0.1) is 33.6 Å². The predicted octanol–water partition coefficient (Wildman–Crippen LogP) is 11.8. The number of pyridine rings is 3. The van der Waals surface area contributed by atoms with Gasteiger partial charge in [0.1, 0.15) is 0 Å². The molecule has 0 unspecified atom stereocenters.